The average Bonchev–Trinajstić information content (AvgIpc) is 3.18. The van der Waals surface area contributed by atoms with Crippen molar-refractivity contribution in [1.82, 2.24) is 0 Å². The lowest BCUT2D eigenvalue weighted by atomic mass is 9.88. The van der Waals surface area contributed by atoms with Gasteiger partial charge in [-0.15, -0.1) is 35.3 Å². The molecule has 3 atom stereocenters. The summed E-state index contributed by atoms with van der Waals surface area (Å²) < 4.78 is 19.8. The Balaban J connectivity index is 1.91. The summed E-state index contributed by atoms with van der Waals surface area (Å²) in [6.45, 7) is 1.33. The molecule has 3 rings (SSSR count). The van der Waals surface area contributed by atoms with Crippen LogP contribution in [0.1, 0.15) is 45.8 Å². The predicted molar refractivity (Wildman–Crippen MR) is 234 cm³/mol. The largest absolute Gasteiger partial charge is 0.464 e. The highest BCUT2D eigenvalue weighted by Gasteiger charge is 2.38. The van der Waals surface area contributed by atoms with Crippen LogP contribution in [0.25, 0.3) is 0 Å². The number of hydrogen-bond donors (Lipinski definition) is 0. The van der Waals surface area contributed by atoms with E-state index in [9.17, 15) is 14.4 Å². The number of ether oxygens (including phenoxy) is 3. The lowest BCUT2D eigenvalue weighted by Gasteiger charge is -2.32. The van der Waals surface area contributed by atoms with Crippen molar-refractivity contribution in [2.24, 2.45) is 5.41 Å². The minimum atomic E-state index is -1.08. The molecule has 51 heavy (non-hydrogen) atoms. The third-order valence-corrected chi connectivity index (χ3v) is 15.8. The monoisotopic (exact) mass is 854 g/mol. The quantitative estimate of drug-likeness (QED) is 0.0779. The number of esters is 3. The molecule has 0 heterocycles. The van der Waals surface area contributed by atoms with Gasteiger partial charge in [0.1, 0.15) is 46.2 Å². The van der Waals surface area contributed by atoms with Gasteiger partial charge in [0.2, 0.25) is 0 Å². The zero-order valence-corrected chi connectivity index (χ0v) is 35.7. The first-order valence-electron chi connectivity index (χ1n) is 15.4. The third-order valence-electron chi connectivity index (χ3n) is 7.40. The molecule has 0 fully saturated rings. The van der Waals surface area contributed by atoms with Gasteiger partial charge in [0.05, 0.1) is 5.41 Å². The van der Waals surface area contributed by atoms with E-state index in [1.165, 1.54) is 70.6 Å². The maximum Gasteiger partial charge on any atom is 0.324 e. The van der Waals surface area contributed by atoms with Crippen LogP contribution in [0.5, 0.6) is 0 Å². The van der Waals surface area contributed by atoms with Crippen molar-refractivity contribution in [3.05, 3.63) is 108 Å². The van der Waals surface area contributed by atoms with Gasteiger partial charge in [0.25, 0.3) is 0 Å². The fourth-order valence-corrected chi connectivity index (χ4v) is 9.24. The third kappa shape index (κ3) is 14.3. The molecule has 0 aliphatic rings. The second kappa shape index (κ2) is 23.3. The Bertz CT molecular complexity index is 1420. The average molecular weight is 855 g/mol. The van der Waals surface area contributed by atoms with Crippen LogP contribution >= 0.6 is 107 Å². The second-order valence-electron chi connectivity index (χ2n) is 10.8. The summed E-state index contributed by atoms with van der Waals surface area (Å²) >= 11 is 24.2. The first kappa shape index (κ1) is 43.8. The van der Waals surface area contributed by atoms with E-state index < -0.39 is 39.1 Å². The highest BCUT2D eigenvalue weighted by molar-refractivity contribution is 8.48. The van der Waals surface area contributed by atoms with Crippen LogP contribution in [0.3, 0.4) is 0 Å². The molecule has 3 aromatic carbocycles. The number of thiocarbonyl (C=S) groups is 3. The van der Waals surface area contributed by atoms with Gasteiger partial charge in [-0.1, -0.05) is 170 Å². The van der Waals surface area contributed by atoms with Gasteiger partial charge < -0.3 is 14.2 Å². The topological polar surface area (TPSA) is 78.9 Å². The van der Waals surface area contributed by atoms with Gasteiger partial charge in [-0.2, -0.15) is 0 Å². The summed E-state index contributed by atoms with van der Waals surface area (Å²) in [5, 5.41) is -2.16. The molecule has 0 saturated carbocycles. The molecule has 15 heteroatoms. The van der Waals surface area contributed by atoms with Gasteiger partial charge in [-0.05, 0) is 41.9 Å². The van der Waals surface area contributed by atoms with Crippen LogP contribution in [0.2, 0.25) is 0 Å². The molecule has 0 radical (unpaired) electrons. The van der Waals surface area contributed by atoms with Crippen LogP contribution in [0.4, 0.5) is 0 Å². The lowest BCUT2D eigenvalue weighted by molar-refractivity contribution is -0.161. The first-order valence-corrected chi connectivity index (χ1v) is 23.0. The van der Waals surface area contributed by atoms with Crippen LogP contribution in [0.15, 0.2) is 91.0 Å². The Labute approximate surface area is 342 Å². The maximum absolute atomic E-state index is 13.8. The van der Waals surface area contributed by atoms with E-state index in [1.54, 1.807) is 0 Å². The molecular formula is C36H38O6S9. The molecule has 3 unspecified atom stereocenters. The van der Waals surface area contributed by atoms with E-state index in [1.807, 2.05) is 117 Å². The number of carbonyl (C=O) groups excluding carboxylic acids is 3. The number of hydrogen-bond acceptors (Lipinski definition) is 15. The van der Waals surface area contributed by atoms with Gasteiger partial charge in [-0.3, -0.25) is 14.4 Å². The maximum atomic E-state index is 13.8. The Morgan fingerprint density at radius 3 is 1.00 bits per heavy atom. The minimum Gasteiger partial charge on any atom is -0.464 e. The number of carbonyl (C=O) groups is 3. The molecule has 0 bridgehead atoms. The van der Waals surface area contributed by atoms with E-state index in [2.05, 4.69) is 0 Å². The number of rotatable bonds is 16. The standard InChI is InChI=1S/C36H38O6S9/c1-5-36(21-40-30(37)27(49-33(43)46-2)24-15-9-6-10-16-24,22-41-31(38)28(50-34(44)47-3)25-17-11-7-12-18-25)23-42-32(39)29(51-35(45)48-4)26-19-13-8-14-20-26/h6-20,27-29H,5,21-23H2,1-4H3. The molecule has 0 saturated heterocycles. The summed E-state index contributed by atoms with van der Waals surface area (Å²) in [4.78, 5) is 41.3. The summed E-state index contributed by atoms with van der Waals surface area (Å²) in [6, 6.07) is 27.8. The second-order valence-corrected chi connectivity index (χ2v) is 20.1. The summed E-state index contributed by atoms with van der Waals surface area (Å²) in [5.74, 6) is -1.53. The Morgan fingerprint density at radius 1 is 0.529 bits per heavy atom. The zero-order valence-electron chi connectivity index (χ0n) is 28.3. The van der Waals surface area contributed by atoms with Crippen LogP contribution < -0.4 is 0 Å². The molecule has 0 aliphatic heterocycles. The fourth-order valence-electron chi connectivity index (χ4n) is 4.40. The Hall–Kier alpha value is -1.56. The van der Waals surface area contributed by atoms with Gasteiger partial charge in [0, 0.05) is 0 Å². The Kier molecular flexibility index (Phi) is 20.0. The zero-order chi connectivity index (χ0) is 37.2. The summed E-state index contributed by atoms with van der Waals surface area (Å²) in [7, 11) is 0. The highest BCUT2D eigenvalue weighted by atomic mass is 32.2. The van der Waals surface area contributed by atoms with Gasteiger partial charge in [-0.25, -0.2) is 0 Å². The first-order chi connectivity index (χ1) is 24.6. The van der Waals surface area contributed by atoms with E-state index in [-0.39, 0.29) is 19.8 Å². The van der Waals surface area contributed by atoms with Crippen LogP contribution in [-0.2, 0) is 28.6 Å². The number of thioether (sulfide) groups is 6. The van der Waals surface area contributed by atoms with Gasteiger partial charge in [0.15, 0.2) is 0 Å². The predicted octanol–water partition coefficient (Wildman–Crippen LogP) is 10.4. The molecule has 6 nitrogen and oxygen atoms in total. The van der Waals surface area contributed by atoms with E-state index in [0.29, 0.717) is 17.0 Å². The van der Waals surface area contributed by atoms with Crippen molar-refractivity contribution in [1.29, 1.82) is 0 Å². The minimum absolute atomic E-state index is 0.183. The Morgan fingerprint density at radius 2 is 0.784 bits per heavy atom. The van der Waals surface area contributed by atoms with Crippen molar-refractivity contribution in [2.45, 2.75) is 29.1 Å². The molecule has 0 amide bonds. The molecule has 3 aromatic rings. The molecule has 0 spiro atoms. The van der Waals surface area contributed by atoms with Crippen LogP contribution in [-0.4, -0.2) is 67.1 Å². The van der Waals surface area contributed by atoms with E-state index >= 15 is 0 Å². The van der Waals surface area contributed by atoms with Crippen molar-refractivity contribution < 1.29 is 28.6 Å². The molecule has 0 aromatic heterocycles. The normalized spacial score (nSPS) is 13.9. The van der Waals surface area contributed by atoms with Crippen molar-refractivity contribution in [2.75, 3.05) is 38.6 Å². The fraction of sp³-hybridized carbons (Fsp3) is 0.333. The summed E-state index contributed by atoms with van der Waals surface area (Å²) in [6.07, 6.45) is 5.92. The molecule has 0 N–H and O–H groups in total. The summed E-state index contributed by atoms with van der Waals surface area (Å²) in [5.41, 5.74) is 1.14. The smallest absolute Gasteiger partial charge is 0.324 e. The molecule has 0 aliphatic carbocycles. The van der Waals surface area contributed by atoms with Crippen molar-refractivity contribution >= 4 is 136 Å². The molecule has 272 valence electrons. The van der Waals surface area contributed by atoms with Gasteiger partial charge >= 0.3 is 17.9 Å². The van der Waals surface area contributed by atoms with Crippen molar-refractivity contribution in [3.63, 3.8) is 0 Å². The number of benzene rings is 3. The molecular weight excluding hydrogens is 817 g/mol. The van der Waals surface area contributed by atoms with E-state index in [4.69, 9.17) is 50.9 Å². The van der Waals surface area contributed by atoms with E-state index in [0.717, 1.165) is 16.7 Å². The SMILES string of the molecule is CCC(COC(=O)C(SC(=S)SC)c1ccccc1)(COC(=O)C(SC(=S)SC)c1ccccc1)COC(=O)C(SC(=S)SC)c1ccccc1. The lowest BCUT2D eigenvalue weighted by Crippen LogP contribution is -2.40. The van der Waals surface area contributed by atoms with Crippen LogP contribution in [0, 0.1) is 5.41 Å². The highest BCUT2D eigenvalue weighted by Crippen LogP contribution is 2.38. The van der Waals surface area contributed by atoms with Crippen molar-refractivity contribution in [3.8, 4) is 0 Å².